The third kappa shape index (κ3) is 4.28. The minimum atomic E-state index is -0.118. The predicted molar refractivity (Wildman–Crippen MR) is 93.9 cm³/mol. The number of carbonyl (C=O) groups is 1. The fraction of sp³-hybridized carbons (Fsp3) is 0.389. The van der Waals surface area contributed by atoms with Crippen molar-refractivity contribution in [1.29, 1.82) is 0 Å². The lowest BCUT2D eigenvalue weighted by Gasteiger charge is -2.21. The molecule has 0 bridgehead atoms. The van der Waals surface area contributed by atoms with E-state index in [1.807, 2.05) is 38.1 Å². The van der Waals surface area contributed by atoms with Crippen molar-refractivity contribution in [3.05, 3.63) is 47.8 Å². The molecule has 0 saturated carbocycles. The van der Waals surface area contributed by atoms with Crippen LogP contribution in [-0.4, -0.2) is 28.5 Å². The second-order valence-corrected chi connectivity index (χ2v) is 5.61. The highest BCUT2D eigenvalue weighted by Gasteiger charge is 2.18. The maximum absolute atomic E-state index is 12.8. The van der Waals surface area contributed by atoms with Crippen LogP contribution in [0.3, 0.4) is 0 Å². The Morgan fingerprint density at radius 1 is 1.30 bits per heavy atom. The summed E-state index contributed by atoms with van der Waals surface area (Å²) < 4.78 is 0. The Balaban J connectivity index is 2.26. The van der Waals surface area contributed by atoms with Gasteiger partial charge < -0.3 is 10.2 Å². The molecule has 122 valence electrons. The fourth-order valence-corrected chi connectivity index (χ4v) is 2.25. The van der Waals surface area contributed by atoms with Crippen LogP contribution in [0.5, 0.6) is 0 Å². The van der Waals surface area contributed by atoms with Crippen LogP contribution in [0.15, 0.2) is 36.5 Å². The van der Waals surface area contributed by atoms with Crippen LogP contribution in [0.1, 0.15) is 43.2 Å². The standard InChI is InChI=1S/C18H24N4O/c1-5-14(4)20-18-19-11-10-16(21-18)17(23)22(6-2)15-9-7-8-13(3)12-15/h7-12,14H,5-6H2,1-4H3,(H,19,20,21). The van der Waals surface area contributed by atoms with E-state index in [0.717, 1.165) is 17.7 Å². The van der Waals surface area contributed by atoms with Crippen molar-refractivity contribution >= 4 is 17.5 Å². The molecule has 0 fully saturated rings. The molecule has 1 amide bonds. The van der Waals surface area contributed by atoms with Crippen LogP contribution in [0.25, 0.3) is 0 Å². The van der Waals surface area contributed by atoms with Crippen LogP contribution in [-0.2, 0) is 0 Å². The highest BCUT2D eigenvalue weighted by atomic mass is 16.2. The van der Waals surface area contributed by atoms with Gasteiger partial charge in [-0.1, -0.05) is 19.1 Å². The van der Waals surface area contributed by atoms with E-state index in [1.165, 1.54) is 0 Å². The van der Waals surface area contributed by atoms with Crippen LogP contribution >= 0.6 is 0 Å². The molecule has 0 saturated heterocycles. The van der Waals surface area contributed by atoms with E-state index < -0.39 is 0 Å². The summed E-state index contributed by atoms with van der Waals surface area (Å²) in [6.07, 6.45) is 2.58. The number of amides is 1. The molecule has 0 spiro atoms. The zero-order valence-corrected chi connectivity index (χ0v) is 14.2. The van der Waals surface area contributed by atoms with E-state index in [2.05, 4.69) is 29.1 Å². The SMILES string of the molecule is CCC(C)Nc1nccc(C(=O)N(CC)c2cccc(C)c2)n1. The normalized spacial score (nSPS) is 11.8. The van der Waals surface area contributed by atoms with Gasteiger partial charge in [0.1, 0.15) is 5.69 Å². The molecule has 1 atom stereocenters. The van der Waals surface area contributed by atoms with Crippen molar-refractivity contribution in [2.24, 2.45) is 0 Å². The van der Waals surface area contributed by atoms with E-state index in [-0.39, 0.29) is 11.9 Å². The molecular formula is C18H24N4O. The van der Waals surface area contributed by atoms with Gasteiger partial charge >= 0.3 is 0 Å². The third-order valence-electron chi connectivity index (χ3n) is 3.74. The summed E-state index contributed by atoms with van der Waals surface area (Å²) in [5, 5.41) is 3.20. The Hall–Kier alpha value is -2.43. The van der Waals surface area contributed by atoms with Gasteiger partial charge in [-0.25, -0.2) is 9.97 Å². The minimum absolute atomic E-state index is 0.118. The highest BCUT2D eigenvalue weighted by Crippen LogP contribution is 2.18. The zero-order chi connectivity index (χ0) is 16.8. The second-order valence-electron chi connectivity index (χ2n) is 5.61. The van der Waals surface area contributed by atoms with Gasteiger partial charge in [0.2, 0.25) is 5.95 Å². The van der Waals surface area contributed by atoms with Crippen molar-refractivity contribution < 1.29 is 4.79 Å². The summed E-state index contributed by atoms with van der Waals surface area (Å²) in [4.78, 5) is 23.1. The fourth-order valence-electron chi connectivity index (χ4n) is 2.25. The maximum Gasteiger partial charge on any atom is 0.277 e. The number of hydrogen-bond donors (Lipinski definition) is 1. The number of benzene rings is 1. The minimum Gasteiger partial charge on any atom is -0.352 e. The van der Waals surface area contributed by atoms with Gasteiger partial charge in [0.05, 0.1) is 0 Å². The Bertz CT molecular complexity index is 672. The van der Waals surface area contributed by atoms with Gasteiger partial charge in [-0.2, -0.15) is 0 Å². The van der Waals surface area contributed by atoms with Crippen LogP contribution in [0.4, 0.5) is 11.6 Å². The molecule has 0 aliphatic heterocycles. The molecule has 5 heteroatoms. The van der Waals surface area contributed by atoms with Crippen molar-refractivity contribution in [2.75, 3.05) is 16.8 Å². The molecule has 1 N–H and O–H groups in total. The molecule has 23 heavy (non-hydrogen) atoms. The topological polar surface area (TPSA) is 58.1 Å². The lowest BCUT2D eigenvalue weighted by molar-refractivity contribution is 0.0983. The Morgan fingerprint density at radius 2 is 2.09 bits per heavy atom. The Labute approximate surface area is 137 Å². The Morgan fingerprint density at radius 3 is 2.74 bits per heavy atom. The molecule has 1 unspecified atom stereocenters. The number of nitrogens with one attached hydrogen (secondary N) is 1. The first-order chi connectivity index (χ1) is 11.0. The average Bonchev–Trinajstić information content (AvgIpc) is 2.55. The first-order valence-corrected chi connectivity index (χ1v) is 8.03. The van der Waals surface area contributed by atoms with Crippen molar-refractivity contribution in [2.45, 2.75) is 40.2 Å². The third-order valence-corrected chi connectivity index (χ3v) is 3.74. The summed E-state index contributed by atoms with van der Waals surface area (Å²) in [5.74, 6) is 0.373. The summed E-state index contributed by atoms with van der Waals surface area (Å²) in [5.41, 5.74) is 2.40. The molecule has 1 heterocycles. The average molecular weight is 312 g/mol. The van der Waals surface area contributed by atoms with Gasteiger partial charge in [-0.3, -0.25) is 4.79 Å². The summed E-state index contributed by atoms with van der Waals surface area (Å²) in [6.45, 7) is 8.70. The molecule has 1 aromatic carbocycles. The van der Waals surface area contributed by atoms with E-state index in [4.69, 9.17) is 0 Å². The predicted octanol–water partition coefficient (Wildman–Crippen LogP) is 3.66. The van der Waals surface area contributed by atoms with Crippen LogP contribution < -0.4 is 10.2 Å². The van der Waals surface area contributed by atoms with Crippen molar-refractivity contribution in [3.63, 3.8) is 0 Å². The van der Waals surface area contributed by atoms with Gasteiger partial charge in [0.15, 0.2) is 0 Å². The van der Waals surface area contributed by atoms with Gasteiger partial charge in [-0.05, 0) is 51.0 Å². The zero-order valence-electron chi connectivity index (χ0n) is 14.2. The molecule has 5 nitrogen and oxygen atoms in total. The smallest absolute Gasteiger partial charge is 0.277 e. The lowest BCUT2D eigenvalue weighted by Crippen LogP contribution is -2.31. The monoisotopic (exact) mass is 312 g/mol. The van der Waals surface area contributed by atoms with E-state index >= 15 is 0 Å². The maximum atomic E-state index is 12.8. The van der Waals surface area contributed by atoms with E-state index in [1.54, 1.807) is 17.2 Å². The molecule has 0 aliphatic rings. The van der Waals surface area contributed by atoms with Crippen LogP contribution in [0, 0.1) is 6.92 Å². The molecule has 0 aliphatic carbocycles. The molecule has 0 radical (unpaired) electrons. The summed E-state index contributed by atoms with van der Waals surface area (Å²) >= 11 is 0. The van der Waals surface area contributed by atoms with Crippen molar-refractivity contribution in [1.82, 2.24) is 9.97 Å². The first kappa shape index (κ1) is 16.9. The quantitative estimate of drug-likeness (QED) is 0.884. The second kappa shape index (κ2) is 7.72. The number of anilines is 2. The van der Waals surface area contributed by atoms with Gasteiger partial charge in [0.25, 0.3) is 5.91 Å². The van der Waals surface area contributed by atoms with E-state index in [0.29, 0.717) is 18.2 Å². The van der Waals surface area contributed by atoms with Gasteiger partial charge in [-0.15, -0.1) is 0 Å². The number of aryl methyl sites for hydroxylation is 1. The number of rotatable bonds is 6. The first-order valence-electron chi connectivity index (χ1n) is 8.03. The number of hydrogen-bond acceptors (Lipinski definition) is 4. The molecule has 2 rings (SSSR count). The van der Waals surface area contributed by atoms with Gasteiger partial charge in [0, 0.05) is 24.5 Å². The largest absolute Gasteiger partial charge is 0.352 e. The molecule has 1 aromatic heterocycles. The molecular weight excluding hydrogens is 288 g/mol. The number of aromatic nitrogens is 2. The highest BCUT2D eigenvalue weighted by molar-refractivity contribution is 6.04. The van der Waals surface area contributed by atoms with Crippen molar-refractivity contribution in [3.8, 4) is 0 Å². The van der Waals surface area contributed by atoms with E-state index in [9.17, 15) is 4.79 Å². The Kier molecular flexibility index (Phi) is 5.68. The molecule has 2 aromatic rings. The summed E-state index contributed by atoms with van der Waals surface area (Å²) in [6, 6.07) is 9.83. The van der Waals surface area contributed by atoms with Crippen LogP contribution in [0.2, 0.25) is 0 Å². The lowest BCUT2D eigenvalue weighted by atomic mass is 10.2. The number of nitrogens with zero attached hydrogens (tertiary/aromatic N) is 3. The summed E-state index contributed by atoms with van der Waals surface area (Å²) in [7, 11) is 0. The number of carbonyl (C=O) groups excluding carboxylic acids is 1.